The standard InChI is InChI=1S/C12H11N3O/c16-12(8-10-2-1-5-14-9-10)15-11-3-6-13-7-4-11/h1-7,9H,8H2,(H,13,15,16). The highest BCUT2D eigenvalue weighted by Crippen LogP contribution is 2.05. The van der Waals surface area contributed by atoms with Crippen molar-refractivity contribution in [3.8, 4) is 0 Å². The Kier molecular flexibility index (Phi) is 3.23. The first kappa shape index (κ1) is 10.3. The van der Waals surface area contributed by atoms with Crippen LogP contribution in [0.15, 0.2) is 49.1 Å². The summed E-state index contributed by atoms with van der Waals surface area (Å²) in [6.45, 7) is 0. The van der Waals surface area contributed by atoms with E-state index in [4.69, 9.17) is 0 Å². The van der Waals surface area contributed by atoms with Crippen LogP contribution in [0.3, 0.4) is 0 Å². The Hall–Kier alpha value is -2.23. The van der Waals surface area contributed by atoms with Crippen molar-refractivity contribution in [3.05, 3.63) is 54.6 Å². The number of aromatic nitrogens is 2. The Labute approximate surface area is 93.4 Å². The second kappa shape index (κ2) is 5.02. The molecule has 1 amide bonds. The average molecular weight is 213 g/mol. The van der Waals surface area contributed by atoms with Crippen molar-refractivity contribution < 1.29 is 4.79 Å². The normalized spacial score (nSPS) is 9.75. The third-order valence-corrected chi connectivity index (χ3v) is 2.05. The van der Waals surface area contributed by atoms with Gasteiger partial charge in [-0.3, -0.25) is 14.8 Å². The molecule has 0 saturated carbocycles. The molecule has 0 aliphatic rings. The summed E-state index contributed by atoms with van der Waals surface area (Å²) in [5, 5.41) is 2.78. The molecule has 2 aromatic rings. The molecule has 2 aromatic heterocycles. The first-order valence-electron chi connectivity index (χ1n) is 4.93. The van der Waals surface area contributed by atoms with E-state index in [0.717, 1.165) is 11.3 Å². The van der Waals surface area contributed by atoms with Gasteiger partial charge in [0.25, 0.3) is 0 Å². The smallest absolute Gasteiger partial charge is 0.228 e. The van der Waals surface area contributed by atoms with E-state index >= 15 is 0 Å². The van der Waals surface area contributed by atoms with Crippen LogP contribution >= 0.6 is 0 Å². The molecule has 4 heteroatoms. The van der Waals surface area contributed by atoms with Crippen molar-refractivity contribution in [2.75, 3.05) is 5.32 Å². The summed E-state index contributed by atoms with van der Waals surface area (Å²) in [4.78, 5) is 19.5. The average Bonchev–Trinajstić information content (AvgIpc) is 2.31. The Balaban J connectivity index is 1.95. The van der Waals surface area contributed by atoms with Gasteiger partial charge in [-0.05, 0) is 23.8 Å². The zero-order valence-corrected chi connectivity index (χ0v) is 8.63. The SMILES string of the molecule is O=C(Cc1cccnc1)Nc1ccncc1. The third kappa shape index (κ3) is 2.88. The second-order valence-electron chi connectivity index (χ2n) is 3.32. The van der Waals surface area contributed by atoms with E-state index in [1.165, 1.54) is 0 Å². The van der Waals surface area contributed by atoms with Gasteiger partial charge in [0, 0.05) is 30.5 Å². The largest absolute Gasteiger partial charge is 0.326 e. The van der Waals surface area contributed by atoms with Crippen molar-refractivity contribution in [1.29, 1.82) is 0 Å². The van der Waals surface area contributed by atoms with Gasteiger partial charge in [-0.15, -0.1) is 0 Å². The van der Waals surface area contributed by atoms with Gasteiger partial charge in [-0.25, -0.2) is 0 Å². The van der Waals surface area contributed by atoms with E-state index < -0.39 is 0 Å². The number of amides is 1. The Morgan fingerprint density at radius 1 is 1.12 bits per heavy atom. The molecule has 0 spiro atoms. The van der Waals surface area contributed by atoms with Crippen molar-refractivity contribution in [1.82, 2.24) is 9.97 Å². The van der Waals surface area contributed by atoms with Gasteiger partial charge in [0.05, 0.1) is 6.42 Å². The molecule has 0 radical (unpaired) electrons. The summed E-state index contributed by atoms with van der Waals surface area (Å²) < 4.78 is 0. The molecule has 80 valence electrons. The molecule has 16 heavy (non-hydrogen) atoms. The van der Waals surface area contributed by atoms with Crippen LogP contribution in [0.4, 0.5) is 5.69 Å². The highest BCUT2D eigenvalue weighted by molar-refractivity contribution is 5.92. The number of hydrogen-bond donors (Lipinski definition) is 1. The minimum absolute atomic E-state index is 0.0563. The maximum Gasteiger partial charge on any atom is 0.228 e. The number of carbonyl (C=O) groups excluding carboxylic acids is 1. The Morgan fingerprint density at radius 2 is 1.94 bits per heavy atom. The zero-order chi connectivity index (χ0) is 11.2. The molecular formula is C12H11N3O. The van der Waals surface area contributed by atoms with Crippen LogP contribution in [0, 0.1) is 0 Å². The minimum Gasteiger partial charge on any atom is -0.326 e. The lowest BCUT2D eigenvalue weighted by Gasteiger charge is -2.04. The van der Waals surface area contributed by atoms with Gasteiger partial charge in [0.15, 0.2) is 0 Å². The minimum atomic E-state index is -0.0563. The topological polar surface area (TPSA) is 54.9 Å². The number of carbonyl (C=O) groups is 1. The molecule has 2 rings (SSSR count). The molecule has 4 nitrogen and oxygen atoms in total. The van der Waals surface area contributed by atoms with Crippen LogP contribution in [-0.4, -0.2) is 15.9 Å². The molecular weight excluding hydrogens is 202 g/mol. The van der Waals surface area contributed by atoms with Crippen molar-refractivity contribution in [2.45, 2.75) is 6.42 Å². The maximum absolute atomic E-state index is 11.6. The third-order valence-electron chi connectivity index (χ3n) is 2.05. The van der Waals surface area contributed by atoms with Crippen LogP contribution < -0.4 is 5.32 Å². The summed E-state index contributed by atoms with van der Waals surface area (Å²) in [6, 6.07) is 7.19. The van der Waals surface area contributed by atoms with Crippen molar-refractivity contribution >= 4 is 11.6 Å². The van der Waals surface area contributed by atoms with E-state index in [0.29, 0.717) is 6.42 Å². The van der Waals surface area contributed by atoms with Gasteiger partial charge in [0.2, 0.25) is 5.91 Å². The molecule has 0 unspecified atom stereocenters. The van der Waals surface area contributed by atoms with Crippen LogP contribution in [0.1, 0.15) is 5.56 Å². The fraction of sp³-hybridized carbons (Fsp3) is 0.0833. The molecule has 0 bridgehead atoms. The van der Waals surface area contributed by atoms with Crippen LogP contribution in [0.5, 0.6) is 0 Å². The van der Waals surface area contributed by atoms with Crippen LogP contribution in [0.25, 0.3) is 0 Å². The first-order chi connectivity index (χ1) is 7.84. The molecule has 0 aliphatic heterocycles. The highest BCUT2D eigenvalue weighted by atomic mass is 16.1. The zero-order valence-electron chi connectivity index (χ0n) is 8.63. The number of rotatable bonds is 3. The number of pyridine rings is 2. The lowest BCUT2D eigenvalue weighted by Crippen LogP contribution is -2.14. The quantitative estimate of drug-likeness (QED) is 0.843. The van der Waals surface area contributed by atoms with E-state index in [-0.39, 0.29) is 5.91 Å². The lowest BCUT2D eigenvalue weighted by molar-refractivity contribution is -0.115. The highest BCUT2D eigenvalue weighted by Gasteiger charge is 2.03. The molecule has 0 aliphatic carbocycles. The van der Waals surface area contributed by atoms with Crippen LogP contribution in [0.2, 0.25) is 0 Å². The monoisotopic (exact) mass is 213 g/mol. The van der Waals surface area contributed by atoms with E-state index in [1.807, 2.05) is 12.1 Å². The number of hydrogen-bond acceptors (Lipinski definition) is 3. The predicted octanol–water partition coefficient (Wildman–Crippen LogP) is 1.66. The number of nitrogens with one attached hydrogen (secondary N) is 1. The van der Waals surface area contributed by atoms with E-state index in [1.54, 1.807) is 36.9 Å². The van der Waals surface area contributed by atoms with Gasteiger partial charge >= 0.3 is 0 Å². The summed E-state index contributed by atoms with van der Waals surface area (Å²) in [5.74, 6) is -0.0563. The summed E-state index contributed by atoms with van der Waals surface area (Å²) in [6.07, 6.45) is 6.98. The molecule has 0 saturated heterocycles. The summed E-state index contributed by atoms with van der Waals surface area (Å²) >= 11 is 0. The molecule has 1 N–H and O–H groups in total. The van der Waals surface area contributed by atoms with E-state index in [2.05, 4.69) is 15.3 Å². The number of anilines is 1. The van der Waals surface area contributed by atoms with E-state index in [9.17, 15) is 4.79 Å². The summed E-state index contributed by atoms with van der Waals surface area (Å²) in [5.41, 5.74) is 1.65. The van der Waals surface area contributed by atoms with Gasteiger partial charge < -0.3 is 5.32 Å². The molecule has 0 aromatic carbocycles. The van der Waals surface area contributed by atoms with Crippen molar-refractivity contribution in [2.24, 2.45) is 0 Å². The predicted molar refractivity (Wildman–Crippen MR) is 60.8 cm³/mol. The van der Waals surface area contributed by atoms with Crippen LogP contribution in [-0.2, 0) is 11.2 Å². The maximum atomic E-state index is 11.6. The van der Waals surface area contributed by atoms with Gasteiger partial charge in [0.1, 0.15) is 0 Å². The van der Waals surface area contributed by atoms with Gasteiger partial charge in [-0.1, -0.05) is 6.07 Å². The lowest BCUT2D eigenvalue weighted by atomic mass is 10.2. The molecule has 0 fully saturated rings. The number of nitrogens with zero attached hydrogens (tertiary/aromatic N) is 2. The van der Waals surface area contributed by atoms with Gasteiger partial charge in [-0.2, -0.15) is 0 Å². The Bertz CT molecular complexity index is 413. The fourth-order valence-electron chi connectivity index (χ4n) is 1.33. The first-order valence-corrected chi connectivity index (χ1v) is 4.93. The summed E-state index contributed by atoms with van der Waals surface area (Å²) in [7, 11) is 0. The van der Waals surface area contributed by atoms with Crippen molar-refractivity contribution in [3.63, 3.8) is 0 Å². The second-order valence-corrected chi connectivity index (χ2v) is 3.32. The molecule has 0 atom stereocenters. The molecule has 2 heterocycles. The fourth-order valence-corrected chi connectivity index (χ4v) is 1.33. The Morgan fingerprint density at radius 3 is 2.62 bits per heavy atom.